The van der Waals surface area contributed by atoms with Crippen LogP contribution in [0.4, 0.5) is 5.69 Å². The molecule has 0 bridgehead atoms. The molecule has 1 aliphatic carbocycles. The molecule has 2 rings (SSSR count). The van der Waals surface area contributed by atoms with Crippen molar-refractivity contribution >= 4 is 11.6 Å². The first-order valence-corrected chi connectivity index (χ1v) is 5.38. The quantitative estimate of drug-likeness (QED) is 0.525. The Balaban J connectivity index is 2.03. The molecule has 1 aromatic rings. The molecule has 0 atom stereocenters. The summed E-state index contributed by atoms with van der Waals surface area (Å²) in [5, 5.41) is 2.99. The van der Waals surface area contributed by atoms with E-state index in [-0.39, 0.29) is 11.4 Å². The van der Waals surface area contributed by atoms with Crippen LogP contribution in [0, 0.1) is 0 Å². The highest BCUT2D eigenvalue weighted by Crippen LogP contribution is 2.31. The molecule has 0 aromatic carbocycles. The van der Waals surface area contributed by atoms with E-state index in [1.54, 1.807) is 12.1 Å². The Morgan fingerprint density at radius 2 is 2.25 bits per heavy atom. The molecule has 1 amide bonds. The largest absolute Gasteiger partial charge is 0.346 e. The Bertz CT molecular complexity index is 383. The second-order valence-electron chi connectivity index (χ2n) is 4.44. The van der Waals surface area contributed by atoms with Gasteiger partial charge in [0.25, 0.3) is 5.91 Å². The molecular formula is C11H16N4O. The molecule has 1 aromatic heterocycles. The zero-order valence-electron chi connectivity index (χ0n) is 9.29. The molecule has 5 heteroatoms. The molecule has 0 saturated heterocycles. The number of carbonyl (C=O) groups excluding carboxylic acids is 1. The monoisotopic (exact) mass is 220 g/mol. The molecule has 4 N–H and O–H groups in total. The van der Waals surface area contributed by atoms with Crippen molar-refractivity contribution in [3.8, 4) is 0 Å². The van der Waals surface area contributed by atoms with Gasteiger partial charge in [-0.05, 0) is 38.3 Å². The summed E-state index contributed by atoms with van der Waals surface area (Å²) < 4.78 is 0. The Morgan fingerprint density at radius 3 is 2.69 bits per heavy atom. The van der Waals surface area contributed by atoms with Crippen LogP contribution in [0.5, 0.6) is 0 Å². The molecule has 1 heterocycles. The number of aromatic nitrogens is 1. The highest BCUT2D eigenvalue weighted by atomic mass is 16.2. The third kappa shape index (κ3) is 2.14. The van der Waals surface area contributed by atoms with Gasteiger partial charge >= 0.3 is 0 Å². The van der Waals surface area contributed by atoms with Crippen LogP contribution >= 0.6 is 0 Å². The number of hydrazine groups is 1. The summed E-state index contributed by atoms with van der Waals surface area (Å²) in [6.45, 7) is 2.06. The van der Waals surface area contributed by atoms with Gasteiger partial charge in [0.1, 0.15) is 5.69 Å². The molecular weight excluding hydrogens is 204 g/mol. The predicted octanol–water partition coefficient (Wildman–Crippen LogP) is 1.04. The van der Waals surface area contributed by atoms with Crippen molar-refractivity contribution in [3.05, 3.63) is 24.0 Å². The van der Waals surface area contributed by atoms with E-state index < -0.39 is 0 Å². The zero-order chi connectivity index (χ0) is 11.6. The molecule has 0 aliphatic heterocycles. The lowest BCUT2D eigenvalue weighted by atomic mass is 9.78. The molecule has 0 radical (unpaired) electrons. The van der Waals surface area contributed by atoms with E-state index in [1.807, 2.05) is 0 Å². The van der Waals surface area contributed by atoms with Crippen molar-refractivity contribution in [3.63, 3.8) is 0 Å². The van der Waals surface area contributed by atoms with E-state index in [2.05, 4.69) is 22.7 Å². The van der Waals surface area contributed by atoms with Crippen molar-refractivity contribution in [2.75, 3.05) is 5.43 Å². The van der Waals surface area contributed by atoms with Gasteiger partial charge in [-0.25, -0.2) is 4.98 Å². The highest BCUT2D eigenvalue weighted by Gasteiger charge is 2.33. The minimum absolute atomic E-state index is 0.0381. The Morgan fingerprint density at radius 1 is 1.50 bits per heavy atom. The van der Waals surface area contributed by atoms with E-state index >= 15 is 0 Å². The number of nitrogen functional groups attached to an aromatic ring is 1. The maximum atomic E-state index is 11.8. The zero-order valence-corrected chi connectivity index (χ0v) is 9.29. The van der Waals surface area contributed by atoms with Crippen LogP contribution in [0.2, 0.25) is 0 Å². The van der Waals surface area contributed by atoms with Crippen LogP contribution in [0.1, 0.15) is 36.7 Å². The number of nitrogens with two attached hydrogens (primary N) is 1. The second-order valence-corrected chi connectivity index (χ2v) is 4.44. The average Bonchev–Trinajstić information content (AvgIpc) is 2.27. The summed E-state index contributed by atoms with van der Waals surface area (Å²) in [6.07, 6.45) is 4.81. The maximum Gasteiger partial charge on any atom is 0.270 e. The van der Waals surface area contributed by atoms with Crippen LogP contribution in [-0.2, 0) is 0 Å². The smallest absolute Gasteiger partial charge is 0.270 e. The molecule has 0 unspecified atom stereocenters. The van der Waals surface area contributed by atoms with Crippen LogP contribution in [0.3, 0.4) is 0 Å². The summed E-state index contributed by atoms with van der Waals surface area (Å²) in [5.74, 6) is 5.10. The number of rotatable bonds is 3. The lowest BCUT2D eigenvalue weighted by Gasteiger charge is -2.38. The van der Waals surface area contributed by atoms with E-state index in [0.717, 1.165) is 12.8 Å². The Hall–Kier alpha value is -1.62. The van der Waals surface area contributed by atoms with E-state index in [9.17, 15) is 4.79 Å². The molecule has 5 nitrogen and oxygen atoms in total. The van der Waals surface area contributed by atoms with Gasteiger partial charge < -0.3 is 10.7 Å². The fraction of sp³-hybridized carbons (Fsp3) is 0.455. The number of pyridine rings is 1. The van der Waals surface area contributed by atoms with Gasteiger partial charge in [0.2, 0.25) is 0 Å². The van der Waals surface area contributed by atoms with Gasteiger partial charge in [-0.3, -0.25) is 10.6 Å². The lowest BCUT2D eigenvalue weighted by molar-refractivity contribution is 0.0845. The van der Waals surface area contributed by atoms with Gasteiger partial charge in [0, 0.05) is 5.54 Å². The van der Waals surface area contributed by atoms with E-state index in [4.69, 9.17) is 5.84 Å². The number of carbonyl (C=O) groups is 1. The molecule has 1 saturated carbocycles. The number of hydrogen-bond donors (Lipinski definition) is 3. The minimum atomic E-state index is -0.120. The van der Waals surface area contributed by atoms with Gasteiger partial charge in [0.05, 0.1) is 11.9 Å². The number of anilines is 1. The number of nitrogens with one attached hydrogen (secondary N) is 2. The highest BCUT2D eigenvalue weighted by molar-refractivity contribution is 5.93. The van der Waals surface area contributed by atoms with Crippen LogP contribution in [0.25, 0.3) is 0 Å². The molecule has 1 fully saturated rings. The Labute approximate surface area is 94.4 Å². The van der Waals surface area contributed by atoms with Crippen molar-refractivity contribution in [1.82, 2.24) is 10.3 Å². The normalized spacial score (nSPS) is 17.4. The molecule has 86 valence electrons. The molecule has 0 spiro atoms. The summed E-state index contributed by atoms with van der Waals surface area (Å²) >= 11 is 0. The van der Waals surface area contributed by atoms with Gasteiger partial charge in [-0.1, -0.05) is 0 Å². The van der Waals surface area contributed by atoms with Gasteiger partial charge in [-0.15, -0.1) is 0 Å². The lowest BCUT2D eigenvalue weighted by Crippen LogP contribution is -2.51. The van der Waals surface area contributed by atoms with Crippen LogP contribution < -0.4 is 16.6 Å². The third-order valence-corrected chi connectivity index (χ3v) is 3.04. The number of hydrogen-bond acceptors (Lipinski definition) is 4. The van der Waals surface area contributed by atoms with E-state index in [1.165, 1.54) is 12.6 Å². The summed E-state index contributed by atoms with van der Waals surface area (Å²) in [6, 6.07) is 3.39. The standard InChI is InChI=1S/C11H16N4O/c1-11(5-2-6-11)14-10(16)9-4-3-8(15-12)7-13-9/h3-4,7,15H,2,5-6,12H2,1H3,(H,14,16). The van der Waals surface area contributed by atoms with Crippen molar-refractivity contribution < 1.29 is 4.79 Å². The van der Waals surface area contributed by atoms with Gasteiger partial charge in [0.15, 0.2) is 0 Å². The molecule has 16 heavy (non-hydrogen) atoms. The van der Waals surface area contributed by atoms with Gasteiger partial charge in [-0.2, -0.15) is 0 Å². The fourth-order valence-electron chi connectivity index (χ4n) is 1.78. The van der Waals surface area contributed by atoms with E-state index in [0.29, 0.717) is 11.4 Å². The van der Waals surface area contributed by atoms with Crippen molar-refractivity contribution in [1.29, 1.82) is 0 Å². The number of amides is 1. The first-order valence-electron chi connectivity index (χ1n) is 5.38. The second kappa shape index (κ2) is 4.09. The Kier molecular flexibility index (Phi) is 2.78. The number of nitrogens with zero attached hydrogens (tertiary/aromatic N) is 1. The van der Waals surface area contributed by atoms with Crippen LogP contribution in [0.15, 0.2) is 18.3 Å². The summed E-state index contributed by atoms with van der Waals surface area (Å²) in [7, 11) is 0. The van der Waals surface area contributed by atoms with Crippen molar-refractivity contribution in [2.45, 2.75) is 31.7 Å². The summed E-state index contributed by atoms with van der Waals surface area (Å²) in [5.41, 5.74) is 3.54. The summed E-state index contributed by atoms with van der Waals surface area (Å²) in [4.78, 5) is 15.9. The average molecular weight is 220 g/mol. The first-order chi connectivity index (χ1) is 7.63. The van der Waals surface area contributed by atoms with Crippen molar-refractivity contribution in [2.24, 2.45) is 5.84 Å². The third-order valence-electron chi connectivity index (χ3n) is 3.04. The molecule has 1 aliphatic rings. The van der Waals surface area contributed by atoms with Crippen LogP contribution in [-0.4, -0.2) is 16.4 Å². The minimum Gasteiger partial charge on any atom is -0.346 e. The first kappa shape index (κ1) is 10.9. The SMILES string of the molecule is CC1(NC(=O)c2ccc(NN)cn2)CCC1. The predicted molar refractivity (Wildman–Crippen MR) is 61.8 cm³/mol. The topological polar surface area (TPSA) is 80.0 Å². The fourth-order valence-corrected chi connectivity index (χ4v) is 1.78. The maximum absolute atomic E-state index is 11.8.